The Bertz CT molecular complexity index is 30.0. The lowest BCUT2D eigenvalue weighted by Gasteiger charge is -1.90. The molecular formula is C3H6ClO2. The summed E-state index contributed by atoms with van der Waals surface area (Å²) >= 11 is 4.89. The summed E-state index contributed by atoms with van der Waals surface area (Å²) in [6.07, 6.45) is 0.168. The Balaban J connectivity index is 2.63. The van der Waals surface area contributed by atoms with Crippen molar-refractivity contribution in [3.05, 3.63) is 5.56 Å². The highest BCUT2D eigenvalue weighted by Gasteiger charge is 1.93. The monoisotopic (exact) mass is 109 g/mol. The molecule has 0 aromatic heterocycles. The fraction of sp³-hybridized carbons (Fsp3) is 0.667. The third-order valence-corrected chi connectivity index (χ3v) is 0.507. The molecule has 3 heteroatoms. The fourth-order valence-corrected chi connectivity index (χ4v) is 0.177. The first kappa shape index (κ1) is 6.21. The number of halogens is 1. The van der Waals surface area contributed by atoms with Crippen LogP contribution in [0.3, 0.4) is 0 Å². The molecule has 0 unspecified atom stereocenters. The third-order valence-electron chi connectivity index (χ3n) is 0.318. The SMILES string of the molecule is OCC[C](O)Cl. The highest BCUT2D eigenvalue weighted by molar-refractivity contribution is 6.25. The number of hydrogen-bond donors (Lipinski definition) is 2. The van der Waals surface area contributed by atoms with E-state index in [1.54, 1.807) is 0 Å². The summed E-state index contributed by atoms with van der Waals surface area (Å²) in [5.41, 5.74) is -0.238. The lowest BCUT2D eigenvalue weighted by molar-refractivity contribution is 0.251. The maximum Gasteiger partial charge on any atom is 0.183 e. The maximum atomic E-state index is 8.07. The zero-order valence-corrected chi connectivity index (χ0v) is 3.94. The molecule has 0 saturated carbocycles. The fourth-order valence-electron chi connectivity index (χ4n) is 0.0923. The van der Waals surface area contributed by atoms with Gasteiger partial charge in [0.1, 0.15) is 0 Å². The van der Waals surface area contributed by atoms with Gasteiger partial charge in [-0.25, -0.2) is 0 Å². The summed E-state index contributed by atoms with van der Waals surface area (Å²) in [6.45, 7) is -0.0880. The summed E-state index contributed by atoms with van der Waals surface area (Å²) in [5.74, 6) is 0. The molecule has 0 bridgehead atoms. The Morgan fingerprint density at radius 2 is 2.17 bits per heavy atom. The second-order valence-corrected chi connectivity index (χ2v) is 1.29. The van der Waals surface area contributed by atoms with E-state index in [1.165, 1.54) is 0 Å². The number of aliphatic hydroxyl groups excluding tert-OH is 2. The molecule has 0 fully saturated rings. The van der Waals surface area contributed by atoms with Crippen molar-refractivity contribution in [2.75, 3.05) is 6.61 Å². The van der Waals surface area contributed by atoms with Crippen LogP contribution in [0.25, 0.3) is 0 Å². The van der Waals surface area contributed by atoms with Crippen LogP contribution in [-0.4, -0.2) is 16.8 Å². The highest BCUT2D eigenvalue weighted by atomic mass is 35.5. The van der Waals surface area contributed by atoms with Crippen molar-refractivity contribution in [3.8, 4) is 0 Å². The minimum absolute atomic E-state index is 0.0880. The van der Waals surface area contributed by atoms with E-state index in [-0.39, 0.29) is 18.6 Å². The molecule has 0 aromatic rings. The molecule has 0 amide bonds. The molecular weight excluding hydrogens is 103 g/mol. The van der Waals surface area contributed by atoms with Crippen molar-refractivity contribution in [2.24, 2.45) is 0 Å². The lowest BCUT2D eigenvalue weighted by atomic mass is 10.5. The van der Waals surface area contributed by atoms with Gasteiger partial charge in [0.05, 0.1) is 0 Å². The second-order valence-electron chi connectivity index (χ2n) is 0.850. The second kappa shape index (κ2) is 3.40. The number of rotatable bonds is 2. The molecule has 37 valence electrons. The quantitative estimate of drug-likeness (QED) is 0.541. The molecule has 0 heterocycles. The molecule has 2 nitrogen and oxygen atoms in total. The molecule has 1 radical (unpaired) electrons. The summed E-state index contributed by atoms with van der Waals surface area (Å²) in [6, 6.07) is 0. The van der Waals surface area contributed by atoms with Crippen LogP contribution in [0.5, 0.6) is 0 Å². The van der Waals surface area contributed by atoms with Crippen molar-refractivity contribution in [2.45, 2.75) is 6.42 Å². The molecule has 0 rings (SSSR count). The van der Waals surface area contributed by atoms with E-state index in [0.717, 1.165) is 0 Å². The summed E-state index contributed by atoms with van der Waals surface area (Å²) in [7, 11) is 0. The summed E-state index contributed by atoms with van der Waals surface area (Å²) in [5, 5.41) is 16.0. The van der Waals surface area contributed by atoms with Crippen LogP contribution in [0.4, 0.5) is 0 Å². The number of aliphatic hydroxyl groups is 2. The van der Waals surface area contributed by atoms with Gasteiger partial charge in [-0.15, -0.1) is 0 Å². The Kier molecular flexibility index (Phi) is 3.52. The Labute approximate surface area is 41.4 Å². The van der Waals surface area contributed by atoms with Gasteiger partial charge in [0.2, 0.25) is 0 Å². The van der Waals surface area contributed by atoms with Gasteiger partial charge < -0.3 is 10.2 Å². The molecule has 0 aliphatic rings. The van der Waals surface area contributed by atoms with Crippen LogP contribution >= 0.6 is 11.6 Å². The maximum absolute atomic E-state index is 8.07. The standard InChI is InChI=1S/C3H6ClO2/c4-3(6)1-2-5/h5-6H,1-2H2. The van der Waals surface area contributed by atoms with E-state index in [4.69, 9.17) is 21.8 Å². The molecule has 2 N–H and O–H groups in total. The zero-order chi connectivity index (χ0) is 4.99. The van der Waals surface area contributed by atoms with E-state index in [2.05, 4.69) is 0 Å². The van der Waals surface area contributed by atoms with Crippen LogP contribution < -0.4 is 0 Å². The van der Waals surface area contributed by atoms with E-state index >= 15 is 0 Å². The van der Waals surface area contributed by atoms with Gasteiger partial charge in [-0.05, 0) is 0 Å². The molecule has 6 heavy (non-hydrogen) atoms. The van der Waals surface area contributed by atoms with Gasteiger partial charge in [-0.3, -0.25) is 0 Å². The van der Waals surface area contributed by atoms with Gasteiger partial charge in [0, 0.05) is 13.0 Å². The zero-order valence-electron chi connectivity index (χ0n) is 3.19. The van der Waals surface area contributed by atoms with Gasteiger partial charge in [-0.1, -0.05) is 11.6 Å². The minimum Gasteiger partial charge on any atom is -0.396 e. The van der Waals surface area contributed by atoms with E-state index < -0.39 is 0 Å². The molecule has 0 aromatic carbocycles. The van der Waals surface area contributed by atoms with Gasteiger partial charge in [-0.2, -0.15) is 0 Å². The highest BCUT2D eigenvalue weighted by Crippen LogP contribution is 2.02. The van der Waals surface area contributed by atoms with Crippen LogP contribution in [-0.2, 0) is 0 Å². The average molecular weight is 110 g/mol. The lowest BCUT2D eigenvalue weighted by Crippen LogP contribution is -1.88. The first-order chi connectivity index (χ1) is 2.77. The topological polar surface area (TPSA) is 40.5 Å². The van der Waals surface area contributed by atoms with Crippen molar-refractivity contribution >= 4 is 11.6 Å². The first-order valence-corrected chi connectivity index (χ1v) is 1.96. The Morgan fingerprint density at radius 3 is 2.17 bits per heavy atom. The van der Waals surface area contributed by atoms with Crippen LogP contribution in [0.2, 0.25) is 0 Å². The summed E-state index contributed by atoms with van der Waals surface area (Å²) in [4.78, 5) is 0. The molecule has 0 saturated heterocycles. The van der Waals surface area contributed by atoms with Crippen LogP contribution in [0.1, 0.15) is 6.42 Å². The van der Waals surface area contributed by atoms with E-state index in [0.29, 0.717) is 0 Å². The van der Waals surface area contributed by atoms with Crippen molar-refractivity contribution in [1.82, 2.24) is 0 Å². The first-order valence-electron chi connectivity index (χ1n) is 1.58. The number of hydrogen-bond acceptors (Lipinski definition) is 2. The Hall–Kier alpha value is 0.210. The Morgan fingerprint density at radius 1 is 1.67 bits per heavy atom. The predicted octanol–water partition coefficient (Wildman–Crippen LogP) is 0.470. The summed E-state index contributed by atoms with van der Waals surface area (Å²) < 4.78 is 0. The minimum atomic E-state index is -0.238. The van der Waals surface area contributed by atoms with Crippen molar-refractivity contribution < 1.29 is 10.2 Å². The molecule has 0 aliphatic heterocycles. The van der Waals surface area contributed by atoms with Crippen LogP contribution in [0, 0.1) is 5.56 Å². The van der Waals surface area contributed by atoms with Gasteiger partial charge in [0.15, 0.2) is 5.56 Å². The van der Waals surface area contributed by atoms with Crippen LogP contribution in [0.15, 0.2) is 0 Å². The van der Waals surface area contributed by atoms with Gasteiger partial charge in [0.25, 0.3) is 0 Å². The van der Waals surface area contributed by atoms with Gasteiger partial charge >= 0.3 is 0 Å². The third kappa shape index (κ3) is 4.21. The van der Waals surface area contributed by atoms with E-state index in [9.17, 15) is 0 Å². The molecule has 0 spiro atoms. The molecule has 0 aliphatic carbocycles. The largest absolute Gasteiger partial charge is 0.396 e. The predicted molar refractivity (Wildman–Crippen MR) is 22.7 cm³/mol. The molecule has 0 atom stereocenters. The normalized spacial score (nSPS) is 10.0. The average Bonchev–Trinajstić information content (AvgIpc) is 1.35. The van der Waals surface area contributed by atoms with E-state index in [1.807, 2.05) is 0 Å². The van der Waals surface area contributed by atoms with Crippen molar-refractivity contribution in [3.63, 3.8) is 0 Å². The van der Waals surface area contributed by atoms with Crippen molar-refractivity contribution in [1.29, 1.82) is 0 Å². The smallest absolute Gasteiger partial charge is 0.183 e.